The maximum absolute atomic E-state index is 12.1. The predicted octanol–water partition coefficient (Wildman–Crippen LogP) is 3.50. The molecule has 1 unspecified atom stereocenters. The van der Waals surface area contributed by atoms with Crippen molar-refractivity contribution in [2.24, 2.45) is 10.7 Å². The molecule has 2 aromatic rings. The molecule has 0 amide bonds. The number of nitrogens with two attached hydrogens (primary N) is 1. The van der Waals surface area contributed by atoms with Gasteiger partial charge in [-0.2, -0.15) is 0 Å². The summed E-state index contributed by atoms with van der Waals surface area (Å²) in [6, 6.07) is 9.16. The number of nitrogens with zero attached hydrogens (tertiary/aromatic N) is 2. The van der Waals surface area contributed by atoms with E-state index in [0.29, 0.717) is 12.1 Å². The second kappa shape index (κ2) is 10.4. The van der Waals surface area contributed by atoms with Crippen molar-refractivity contribution in [2.45, 2.75) is 18.9 Å². The quantitative estimate of drug-likeness (QED) is 0.347. The van der Waals surface area contributed by atoms with Crippen molar-refractivity contribution >= 4 is 29.9 Å². The topological polar surface area (TPSA) is 76.0 Å². The van der Waals surface area contributed by atoms with Crippen molar-refractivity contribution in [3.63, 3.8) is 0 Å². The Kier molecular flexibility index (Phi) is 8.89. The summed E-state index contributed by atoms with van der Waals surface area (Å²) in [6.07, 6.45) is -3.10. The largest absolute Gasteiger partial charge is 0.573 e. The average Bonchev–Trinajstić information content (AvgIpc) is 3.07. The molecule has 0 aliphatic rings. The van der Waals surface area contributed by atoms with Gasteiger partial charge in [0.2, 0.25) is 0 Å². The lowest BCUT2D eigenvalue weighted by Gasteiger charge is -2.22. The van der Waals surface area contributed by atoms with Gasteiger partial charge >= 0.3 is 6.36 Å². The van der Waals surface area contributed by atoms with Crippen LogP contribution in [0.2, 0.25) is 0 Å². The molecule has 0 bridgehead atoms. The Balaban J connectivity index is 0.00000364. The smallest absolute Gasteiger partial charge is 0.468 e. The molecule has 0 saturated carbocycles. The van der Waals surface area contributed by atoms with Crippen LogP contribution in [-0.4, -0.2) is 37.9 Å². The molecule has 27 heavy (non-hydrogen) atoms. The summed E-state index contributed by atoms with van der Waals surface area (Å²) in [4.78, 5) is 6.17. The van der Waals surface area contributed by atoms with E-state index >= 15 is 0 Å². The van der Waals surface area contributed by atoms with Crippen LogP contribution in [0.15, 0.2) is 52.1 Å². The number of halogens is 4. The van der Waals surface area contributed by atoms with Crippen LogP contribution in [0.3, 0.4) is 0 Å². The summed E-state index contributed by atoms with van der Waals surface area (Å²) < 4.78 is 45.6. The zero-order valence-corrected chi connectivity index (χ0v) is 17.2. The van der Waals surface area contributed by atoms with E-state index in [9.17, 15) is 13.2 Å². The lowest BCUT2D eigenvalue weighted by molar-refractivity contribution is -0.274. The summed E-state index contributed by atoms with van der Waals surface area (Å²) in [5, 5.41) is 3.02. The molecule has 0 fully saturated rings. The molecule has 6 nitrogen and oxygen atoms in total. The van der Waals surface area contributed by atoms with E-state index in [1.165, 1.54) is 24.3 Å². The maximum Gasteiger partial charge on any atom is 0.573 e. The summed E-state index contributed by atoms with van der Waals surface area (Å²) in [7, 11) is 3.85. The normalized spacial score (nSPS) is 13.2. The monoisotopic (exact) mass is 498 g/mol. The first-order chi connectivity index (χ1) is 12.2. The second-order valence-corrected chi connectivity index (χ2v) is 5.77. The first-order valence-electron chi connectivity index (χ1n) is 7.83. The molecule has 0 aliphatic carbocycles. The molecule has 1 aromatic heterocycles. The Morgan fingerprint density at radius 3 is 2.44 bits per heavy atom. The number of hydrogen-bond acceptors (Lipinski definition) is 4. The minimum atomic E-state index is -4.70. The zero-order chi connectivity index (χ0) is 19.2. The van der Waals surface area contributed by atoms with Crippen LogP contribution >= 0.6 is 24.0 Å². The molecule has 2 rings (SSSR count). The third kappa shape index (κ3) is 8.08. The average molecular weight is 498 g/mol. The summed E-state index contributed by atoms with van der Waals surface area (Å²) in [6.45, 7) is 0.729. The SMILES string of the molecule is CN(C)C(CNC(N)=NCc1ccc(OC(F)(F)F)cc1)c1ccco1.I. The molecule has 150 valence electrons. The van der Waals surface area contributed by atoms with Crippen molar-refractivity contribution in [3.05, 3.63) is 54.0 Å². The number of benzene rings is 1. The van der Waals surface area contributed by atoms with E-state index in [1.807, 2.05) is 31.1 Å². The molecule has 1 atom stereocenters. The number of furan rings is 1. The molecular formula is C17H22F3IN4O2. The summed E-state index contributed by atoms with van der Waals surface area (Å²) in [5.74, 6) is 0.762. The Hall–Kier alpha value is -1.95. The molecule has 1 aromatic carbocycles. The predicted molar refractivity (Wildman–Crippen MR) is 107 cm³/mol. The lowest BCUT2D eigenvalue weighted by atomic mass is 10.2. The van der Waals surface area contributed by atoms with E-state index in [0.717, 1.165) is 5.76 Å². The van der Waals surface area contributed by atoms with Crippen LogP contribution in [0.5, 0.6) is 5.75 Å². The molecule has 1 heterocycles. The fraction of sp³-hybridized carbons (Fsp3) is 0.353. The van der Waals surface area contributed by atoms with E-state index in [4.69, 9.17) is 10.2 Å². The van der Waals surface area contributed by atoms with Gasteiger partial charge in [-0.3, -0.25) is 4.90 Å². The van der Waals surface area contributed by atoms with Crippen LogP contribution in [0.4, 0.5) is 13.2 Å². The van der Waals surface area contributed by atoms with Crippen molar-refractivity contribution in [2.75, 3.05) is 20.6 Å². The number of aliphatic imine (C=N–C) groups is 1. The summed E-state index contributed by atoms with van der Waals surface area (Å²) in [5.41, 5.74) is 6.56. The van der Waals surface area contributed by atoms with Gasteiger partial charge in [0.25, 0.3) is 0 Å². The second-order valence-electron chi connectivity index (χ2n) is 5.77. The third-order valence-electron chi connectivity index (χ3n) is 3.56. The third-order valence-corrected chi connectivity index (χ3v) is 3.56. The number of guanidine groups is 1. The molecule has 0 aliphatic heterocycles. The molecule has 0 saturated heterocycles. The minimum absolute atomic E-state index is 0. The van der Waals surface area contributed by atoms with Gasteiger partial charge in [-0.25, -0.2) is 4.99 Å². The Labute approximate surface area is 172 Å². The number of ether oxygens (including phenoxy) is 1. The van der Waals surface area contributed by atoms with E-state index in [-0.39, 0.29) is 48.3 Å². The molecule has 0 spiro atoms. The van der Waals surface area contributed by atoms with Gasteiger partial charge in [0.05, 0.1) is 18.8 Å². The first kappa shape index (κ1) is 23.1. The van der Waals surface area contributed by atoms with Crippen LogP contribution in [0.25, 0.3) is 0 Å². The van der Waals surface area contributed by atoms with E-state index < -0.39 is 6.36 Å². The Morgan fingerprint density at radius 1 is 1.26 bits per heavy atom. The number of hydrogen-bond donors (Lipinski definition) is 2. The van der Waals surface area contributed by atoms with Crippen molar-refractivity contribution in [3.8, 4) is 5.75 Å². The first-order valence-corrected chi connectivity index (χ1v) is 7.83. The van der Waals surface area contributed by atoms with Gasteiger partial charge in [-0.05, 0) is 43.9 Å². The molecule has 3 N–H and O–H groups in total. The van der Waals surface area contributed by atoms with Crippen LogP contribution in [0.1, 0.15) is 17.4 Å². The maximum atomic E-state index is 12.1. The van der Waals surface area contributed by atoms with Crippen molar-refractivity contribution < 1.29 is 22.3 Å². The van der Waals surface area contributed by atoms with E-state index in [2.05, 4.69) is 15.0 Å². The van der Waals surface area contributed by atoms with Gasteiger partial charge in [-0.15, -0.1) is 37.1 Å². The fourth-order valence-corrected chi connectivity index (χ4v) is 2.25. The minimum Gasteiger partial charge on any atom is -0.468 e. The van der Waals surface area contributed by atoms with Gasteiger partial charge < -0.3 is 20.2 Å². The fourth-order valence-electron chi connectivity index (χ4n) is 2.25. The van der Waals surface area contributed by atoms with Crippen LogP contribution in [-0.2, 0) is 6.54 Å². The highest BCUT2D eigenvalue weighted by Gasteiger charge is 2.30. The Morgan fingerprint density at radius 2 is 1.93 bits per heavy atom. The number of alkyl halides is 3. The van der Waals surface area contributed by atoms with Crippen molar-refractivity contribution in [1.29, 1.82) is 0 Å². The number of nitrogens with one attached hydrogen (secondary N) is 1. The number of likely N-dealkylation sites (N-methyl/N-ethyl adjacent to an activating group) is 1. The highest BCUT2D eigenvalue weighted by Crippen LogP contribution is 2.23. The zero-order valence-electron chi connectivity index (χ0n) is 14.9. The van der Waals surface area contributed by atoms with E-state index in [1.54, 1.807) is 6.26 Å². The standard InChI is InChI=1S/C17H21F3N4O2.HI/c1-24(2)14(15-4-3-9-25-15)11-23-16(21)22-10-12-5-7-13(8-6-12)26-17(18,19)20;/h3-9,14H,10-11H2,1-2H3,(H3,21,22,23);1H. The molecule has 0 radical (unpaired) electrons. The van der Waals surface area contributed by atoms with Gasteiger partial charge in [-0.1, -0.05) is 12.1 Å². The highest BCUT2D eigenvalue weighted by atomic mass is 127. The molecule has 10 heteroatoms. The van der Waals surface area contributed by atoms with Gasteiger partial charge in [0, 0.05) is 6.54 Å². The van der Waals surface area contributed by atoms with Gasteiger partial charge in [0.1, 0.15) is 11.5 Å². The highest BCUT2D eigenvalue weighted by molar-refractivity contribution is 14.0. The van der Waals surface area contributed by atoms with Gasteiger partial charge in [0.15, 0.2) is 5.96 Å². The molecular weight excluding hydrogens is 476 g/mol. The van der Waals surface area contributed by atoms with Crippen molar-refractivity contribution in [1.82, 2.24) is 10.2 Å². The van der Waals surface area contributed by atoms with Crippen LogP contribution in [0, 0.1) is 0 Å². The number of rotatable bonds is 7. The lowest BCUT2D eigenvalue weighted by Crippen LogP contribution is -2.38. The Bertz CT molecular complexity index is 704. The summed E-state index contributed by atoms with van der Waals surface area (Å²) >= 11 is 0. The van der Waals surface area contributed by atoms with Crippen LogP contribution < -0.4 is 15.8 Å².